The highest BCUT2D eigenvalue weighted by Crippen LogP contribution is 2.21. The first kappa shape index (κ1) is 13.5. The number of nitrogens with zero attached hydrogens (tertiary/aromatic N) is 1. The maximum atomic E-state index is 11.5. The summed E-state index contributed by atoms with van der Waals surface area (Å²) in [5.41, 5.74) is 0. The molecule has 3 nitrogen and oxygen atoms in total. The van der Waals surface area contributed by atoms with E-state index in [1.54, 1.807) is 23.3 Å². The summed E-state index contributed by atoms with van der Waals surface area (Å²) in [7, 11) is 1.79. The average molecular weight is 262 g/mol. The third-order valence-electron chi connectivity index (χ3n) is 2.30. The van der Waals surface area contributed by atoms with Gasteiger partial charge in [0.2, 0.25) is 5.91 Å². The van der Waals surface area contributed by atoms with Gasteiger partial charge in [-0.3, -0.25) is 4.79 Å². The second kappa shape index (κ2) is 6.89. The van der Waals surface area contributed by atoms with Gasteiger partial charge in [-0.25, -0.2) is 0 Å². The maximum absolute atomic E-state index is 11.5. The third-order valence-corrected chi connectivity index (χ3v) is 3.59. The summed E-state index contributed by atoms with van der Waals surface area (Å²) >= 11 is 7.36. The zero-order valence-corrected chi connectivity index (χ0v) is 10.9. The summed E-state index contributed by atoms with van der Waals surface area (Å²) in [6.07, 6.45) is 1.78. The van der Waals surface area contributed by atoms with Gasteiger partial charge in [-0.2, -0.15) is 0 Å². The predicted molar refractivity (Wildman–Crippen MR) is 67.0 cm³/mol. The Morgan fingerprint density at radius 1 is 1.56 bits per heavy atom. The van der Waals surface area contributed by atoms with Crippen molar-refractivity contribution < 1.29 is 9.90 Å². The lowest BCUT2D eigenvalue weighted by Crippen LogP contribution is -2.28. The number of thiophene rings is 1. The van der Waals surface area contributed by atoms with Crippen molar-refractivity contribution in [3.63, 3.8) is 0 Å². The molecule has 16 heavy (non-hydrogen) atoms. The Hall–Kier alpha value is -0.580. The van der Waals surface area contributed by atoms with Crippen LogP contribution >= 0.6 is 22.9 Å². The number of hydrogen-bond acceptors (Lipinski definition) is 3. The second-order valence-electron chi connectivity index (χ2n) is 3.60. The largest absolute Gasteiger partial charge is 0.396 e. The number of amides is 1. The molecule has 1 aromatic rings. The minimum absolute atomic E-state index is 0.0696. The van der Waals surface area contributed by atoms with Gasteiger partial charge in [-0.15, -0.1) is 11.3 Å². The highest BCUT2D eigenvalue weighted by Gasteiger charge is 2.08. The number of rotatable bonds is 6. The van der Waals surface area contributed by atoms with E-state index in [1.165, 1.54) is 4.88 Å². The fourth-order valence-electron chi connectivity index (χ4n) is 1.31. The number of likely N-dealkylation sites (N-methyl/N-ethyl adjacent to an activating group) is 1. The molecule has 0 aliphatic carbocycles. The molecule has 0 fully saturated rings. The summed E-state index contributed by atoms with van der Waals surface area (Å²) in [4.78, 5) is 14.4. The van der Waals surface area contributed by atoms with Crippen molar-refractivity contribution in [2.75, 3.05) is 20.2 Å². The molecule has 0 saturated carbocycles. The smallest absolute Gasteiger partial charge is 0.222 e. The fraction of sp³-hybridized carbons (Fsp3) is 0.545. The molecule has 0 aliphatic heterocycles. The molecule has 0 unspecified atom stereocenters. The van der Waals surface area contributed by atoms with E-state index < -0.39 is 0 Å². The molecule has 5 heteroatoms. The molecule has 90 valence electrons. The zero-order chi connectivity index (χ0) is 12.0. The van der Waals surface area contributed by atoms with E-state index in [0.717, 1.165) is 10.8 Å². The second-order valence-corrected chi connectivity index (χ2v) is 5.40. The highest BCUT2D eigenvalue weighted by molar-refractivity contribution is 7.16. The van der Waals surface area contributed by atoms with Crippen molar-refractivity contribution in [2.45, 2.75) is 19.3 Å². The van der Waals surface area contributed by atoms with Gasteiger partial charge in [0.25, 0.3) is 0 Å². The molecule has 0 bridgehead atoms. The van der Waals surface area contributed by atoms with Gasteiger partial charge in [0.1, 0.15) is 0 Å². The van der Waals surface area contributed by atoms with Crippen LogP contribution in [0, 0.1) is 0 Å². The molecule has 1 heterocycles. The molecule has 0 atom stereocenters. The molecule has 0 aliphatic rings. The molecule has 0 radical (unpaired) electrons. The lowest BCUT2D eigenvalue weighted by atomic mass is 10.2. The van der Waals surface area contributed by atoms with E-state index >= 15 is 0 Å². The molecule has 0 saturated heterocycles. The van der Waals surface area contributed by atoms with Crippen molar-refractivity contribution in [1.82, 2.24) is 4.90 Å². The van der Waals surface area contributed by atoms with Gasteiger partial charge in [-0.05, 0) is 25.0 Å². The molecule has 0 aromatic carbocycles. The minimum Gasteiger partial charge on any atom is -0.396 e. The van der Waals surface area contributed by atoms with Crippen LogP contribution in [0.1, 0.15) is 17.7 Å². The molecule has 1 amide bonds. The van der Waals surface area contributed by atoms with Gasteiger partial charge < -0.3 is 10.0 Å². The Kier molecular flexibility index (Phi) is 5.80. The van der Waals surface area contributed by atoms with E-state index in [9.17, 15) is 4.79 Å². The lowest BCUT2D eigenvalue weighted by Gasteiger charge is -2.16. The molecule has 1 N–H and O–H groups in total. The number of aliphatic hydroxyl groups is 1. The molecule has 1 rings (SSSR count). The first-order chi connectivity index (χ1) is 7.63. The van der Waals surface area contributed by atoms with Crippen LogP contribution in [0.4, 0.5) is 0 Å². The molecule has 0 spiro atoms. The Morgan fingerprint density at radius 3 is 2.88 bits per heavy atom. The van der Waals surface area contributed by atoms with Crippen molar-refractivity contribution in [3.05, 3.63) is 21.3 Å². The van der Waals surface area contributed by atoms with E-state index in [2.05, 4.69) is 0 Å². The average Bonchev–Trinajstić information content (AvgIpc) is 2.68. The van der Waals surface area contributed by atoms with E-state index in [4.69, 9.17) is 16.7 Å². The standard InChI is InChI=1S/C11H16ClNO2S/c1-13(11(15)3-2-8-14)7-6-9-4-5-10(12)16-9/h4-5,14H,2-3,6-8H2,1H3. The van der Waals surface area contributed by atoms with Crippen molar-refractivity contribution in [1.29, 1.82) is 0 Å². The first-order valence-corrected chi connectivity index (χ1v) is 6.42. The zero-order valence-electron chi connectivity index (χ0n) is 9.28. The highest BCUT2D eigenvalue weighted by atomic mass is 35.5. The van der Waals surface area contributed by atoms with Crippen LogP contribution in [0.25, 0.3) is 0 Å². The molecular formula is C11H16ClNO2S. The van der Waals surface area contributed by atoms with Gasteiger partial charge >= 0.3 is 0 Å². The maximum Gasteiger partial charge on any atom is 0.222 e. The Balaban J connectivity index is 2.29. The minimum atomic E-state index is 0.0696. The van der Waals surface area contributed by atoms with E-state index in [-0.39, 0.29) is 12.5 Å². The van der Waals surface area contributed by atoms with E-state index in [1.807, 2.05) is 12.1 Å². The van der Waals surface area contributed by atoms with Gasteiger partial charge in [0.15, 0.2) is 0 Å². The topological polar surface area (TPSA) is 40.5 Å². The van der Waals surface area contributed by atoms with Crippen LogP contribution < -0.4 is 0 Å². The Morgan fingerprint density at radius 2 is 2.31 bits per heavy atom. The Labute approximate surface area is 105 Å². The van der Waals surface area contributed by atoms with Crippen LogP contribution in [0.3, 0.4) is 0 Å². The number of carbonyl (C=O) groups is 1. The summed E-state index contributed by atoms with van der Waals surface area (Å²) in [6.45, 7) is 0.765. The van der Waals surface area contributed by atoms with Crippen LogP contribution in [-0.4, -0.2) is 36.1 Å². The number of carbonyl (C=O) groups excluding carboxylic acids is 1. The summed E-state index contributed by atoms with van der Waals surface area (Å²) in [6, 6.07) is 3.86. The number of hydrogen-bond donors (Lipinski definition) is 1. The summed E-state index contributed by atoms with van der Waals surface area (Å²) in [5.74, 6) is 0.0803. The molecule has 1 aromatic heterocycles. The molecular weight excluding hydrogens is 246 g/mol. The van der Waals surface area contributed by atoms with Crippen molar-refractivity contribution in [3.8, 4) is 0 Å². The lowest BCUT2D eigenvalue weighted by molar-refractivity contribution is -0.130. The summed E-state index contributed by atoms with van der Waals surface area (Å²) in [5, 5.41) is 8.62. The summed E-state index contributed by atoms with van der Waals surface area (Å²) < 4.78 is 0.782. The van der Waals surface area contributed by atoms with Crippen molar-refractivity contribution >= 4 is 28.8 Å². The van der Waals surface area contributed by atoms with Crippen LogP contribution in [0.2, 0.25) is 4.34 Å². The first-order valence-electron chi connectivity index (χ1n) is 5.22. The normalized spacial score (nSPS) is 10.4. The third kappa shape index (κ3) is 4.51. The number of aliphatic hydroxyl groups excluding tert-OH is 1. The Bertz CT molecular complexity index is 340. The quantitative estimate of drug-likeness (QED) is 0.853. The monoisotopic (exact) mass is 261 g/mol. The van der Waals surface area contributed by atoms with Gasteiger partial charge in [0, 0.05) is 31.5 Å². The SMILES string of the molecule is CN(CCc1ccc(Cl)s1)C(=O)CCCO. The van der Waals surface area contributed by atoms with Crippen LogP contribution in [0.15, 0.2) is 12.1 Å². The van der Waals surface area contributed by atoms with Crippen molar-refractivity contribution in [2.24, 2.45) is 0 Å². The predicted octanol–water partition coefficient (Wildman–Crippen LogP) is 2.17. The van der Waals surface area contributed by atoms with Crippen LogP contribution in [-0.2, 0) is 11.2 Å². The van der Waals surface area contributed by atoms with Gasteiger partial charge in [0.05, 0.1) is 4.34 Å². The van der Waals surface area contributed by atoms with Gasteiger partial charge in [-0.1, -0.05) is 11.6 Å². The number of halogens is 1. The fourth-order valence-corrected chi connectivity index (χ4v) is 2.39. The van der Waals surface area contributed by atoms with Crippen LogP contribution in [0.5, 0.6) is 0 Å². The van der Waals surface area contributed by atoms with E-state index in [0.29, 0.717) is 19.4 Å².